The molecule has 0 saturated heterocycles. The highest BCUT2D eigenvalue weighted by Crippen LogP contribution is 2.01. The molecule has 1 aromatic heterocycles. The molecule has 0 unspecified atom stereocenters. The Morgan fingerprint density at radius 1 is 1.90 bits per heavy atom. The van der Waals surface area contributed by atoms with Gasteiger partial charge in [0.25, 0.3) is 0 Å². The van der Waals surface area contributed by atoms with E-state index < -0.39 is 5.97 Å². The Kier molecular flexibility index (Phi) is 1.33. The number of aromatic nitrogens is 2. The maximum atomic E-state index is 10.2. The Morgan fingerprint density at radius 3 is 2.70 bits per heavy atom. The molecular weight excluding hydrogens is 134 g/mol. The average molecular weight is 141 g/mol. The summed E-state index contributed by atoms with van der Waals surface area (Å²) in [6.45, 7) is 0. The van der Waals surface area contributed by atoms with Crippen LogP contribution in [0.25, 0.3) is 0 Å². The minimum Gasteiger partial charge on any atom is -0.476 e. The number of carboxylic acid groups (broad SMARTS) is 1. The molecule has 1 rings (SSSR count). The van der Waals surface area contributed by atoms with Crippen LogP contribution in [0.3, 0.4) is 0 Å². The lowest BCUT2D eigenvalue weighted by molar-refractivity contribution is 0.0691. The molecule has 3 N–H and O–H groups in total. The first-order valence-electron chi connectivity index (χ1n) is 2.63. The molecule has 0 aliphatic heterocycles. The van der Waals surface area contributed by atoms with Crippen molar-refractivity contribution in [2.45, 2.75) is 0 Å². The minimum atomic E-state index is -1.06. The van der Waals surface area contributed by atoms with Gasteiger partial charge in [0.05, 0.1) is 0 Å². The van der Waals surface area contributed by atoms with E-state index in [1.54, 1.807) is 7.05 Å². The van der Waals surface area contributed by atoms with Crippen LogP contribution < -0.4 is 5.73 Å². The highest BCUT2D eigenvalue weighted by Gasteiger charge is 2.07. The smallest absolute Gasteiger partial charge is 0.356 e. The second kappa shape index (κ2) is 2.02. The van der Waals surface area contributed by atoms with Crippen molar-refractivity contribution in [3.8, 4) is 0 Å². The first kappa shape index (κ1) is 6.60. The predicted octanol–water partition coefficient (Wildman–Crippen LogP) is -0.300. The number of hydrogen-bond donors (Lipinski definition) is 2. The van der Waals surface area contributed by atoms with Crippen molar-refractivity contribution < 1.29 is 9.90 Å². The molecule has 0 amide bonds. The quantitative estimate of drug-likeness (QED) is 0.562. The first-order valence-corrected chi connectivity index (χ1v) is 2.63. The van der Waals surface area contributed by atoms with Crippen LogP contribution in [0, 0.1) is 0 Å². The van der Waals surface area contributed by atoms with Gasteiger partial charge in [0.15, 0.2) is 5.69 Å². The molecule has 5 nitrogen and oxygen atoms in total. The predicted molar refractivity (Wildman–Crippen MR) is 34.6 cm³/mol. The fourth-order valence-corrected chi connectivity index (χ4v) is 0.584. The zero-order chi connectivity index (χ0) is 7.72. The summed E-state index contributed by atoms with van der Waals surface area (Å²) in [7, 11) is 1.63. The van der Waals surface area contributed by atoms with Crippen molar-refractivity contribution >= 4 is 11.9 Å². The molecule has 0 saturated carbocycles. The zero-order valence-electron chi connectivity index (χ0n) is 5.40. The molecule has 1 heterocycles. The first-order chi connectivity index (χ1) is 4.61. The van der Waals surface area contributed by atoms with E-state index in [9.17, 15) is 4.79 Å². The number of carboxylic acids is 1. The van der Waals surface area contributed by atoms with Gasteiger partial charge in [0.2, 0.25) is 5.95 Å². The van der Waals surface area contributed by atoms with Crippen LogP contribution in [0.1, 0.15) is 10.5 Å². The second-order valence-electron chi connectivity index (χ2n) is 1.90. The molecule has 0 aliphatic carbocycles. The number of imidazole rings is 1. The van der Waals surface area contributed by atoms with Crippen LogP contribution in [0.4, 0.5) is 5.95 Å². The summed E-state index contributed by atoms with van der Waals surface area (Å²) in [5.41, 5.74) is 5.24. The van der Waals surface area contributed by atoms with Crippen LogP contribution in [0.5, 0.6) is 0 Å². The maximum Gasteiger partial charge on any atom is 0.356 e. The number of rotatable bonds is 1. The van der Waals surface area contributed by atoms with E-state index in [2.05, 4.69) is 4.98 Å². The van der Waals surface area contributed by atoms with Crippen molar-refractivity contribution in [2.75, 3.05) is 5.73 Å². The van der Waals surface area contributed by atoms with Gasteiger partial charge in [-0.05, 0) is 0 Å². The fraction of sp³-hybridized carbons (Fsp3) is 0.200. The molecule has 5 heteroatoms. The second-order valence-corrected chi connectivity index (χ2v) is 1.90. The van der Waals surface area contributed by atoms with Crippen molar-refractivity contribution in [3.63, 3.8) is 0 Å². The molecule has 1 aromatic rings. The number of nitrogens with zero attached hydrogens (tertiary/aromatic N) is 2. The minimum absolute atomic E-state index is 0.0278. The van der Waals surface area contributed by atoms with Gasteiger partial charge in [-0.3, -0.25) is 0 Å². The van der Waals surface area contributed by atoms with Crippen LogP contribution in [0.2, 0.25) is 0 Å². The lowest BCUT2D eigenvalue weighted by Gasteiger charge is -1.87. The van der Waals surface area contributed by atoms with E-state index in [1.807, 2.05) is 0 Å². The lowest BCUT2D eigenvalue weighted by atomic mass is 10.5. The Balaban J connectivity index is 3.10. The summed E-state index contributed by atoms with van der Waals surface area (Å²) in [4.78, 5) is 13.8. The Labute approximate surface area is 57.1 Å². The Hall–Kier alpha value is -1.52. The van der Waals surface area contributed by atoms with Crippen LogP contribution in [-0.4, -0.2) is 20.6 Å². The molecule has 0 bridgehead atoms. The van der Waals surface area contributed by atoms with Gasteiger partial charge in [-0.1, -0.05) is 0 Å². The van der Waals surface area contributed by atoms with Crippen LogP contribution >= 0.6 is 0 Å². The van der Waals surface area contributed by atoms with E-state index in [4.69, 9.17) is 10.8 Å². The van der Waals surface area contributed by atoms with Gasteiger partial charge < -0.3 is 15.4 Å². The number of aryl methyl sites for hydroxylation is 1. The fourth-order valence-electron chi connectivity index (χ4n) is 0.584. The van der Waals surface area contributed by atoms with Crippen LogP contribution in [-0.2, 0) is 7.05 Å². The Morgan fingerprint density at radius 2 is 2.50 bits per heavy atom. The summed E-state index contributed by atoms with van der Waals surface area (Å²) in [5, 5.41) is 8.39. The molecule has 0 aliphatic rings. The van der Waals surface area contributed by atoms with E-state index in [1.165, 1.54) is 10.8 Å². The molecule has 0 radical (unpaired) electrons. The Bertz CT molecular complexity index is 246. The maximum absolute atomic E-state index is 10.2. The monoisotopic (exact) mass is 141 g/mol. The number of aromatic carboxylic acids is 1. The zero-order valence-corrected chi connectivity index (χ0v) is 5.40. The number of carbonyl (C=O) groups is 1. The van der Waals surface area contributed by atoms with Crippen LogP contribution in [0.15, 0.2) is 6.20 Å². The molecular formula is C5H7N3O2. The summed E-state index contributed by atoms with van der Waals surface area (Å²) in [6.07, 6.45) is 1.36. The van der Waals surface area contributed by atoms with Gasteiger partial charge in [-0.25, -0.2) is 9.78 Å². The number of anilines is 1. The summed E-state index contributed by atoms with van der Waals surface area (Å²) in [5.74, 6) is -0.857. The van der Waals surface area contributed by atoms with Gasteiger partial charge in [-0.2, -0.15) is 0 Å². The third-order valence-electron chi connectivity index (χ3n) is 1.13. The topological polar surface area (TPSA) is 81.1 Å². The molecule has 0 atom stereocenters. The van der Waals surface area contributed by atoms with E-state index >= 15 is 0 Å². The van der Waals surface area contributed by atoms with Crippen molar-refractivity contribution in [3.05, 3.63) is 11.9 Å². The van der Waals surface area contributed by atoms with Crippen molar-refractivity contribution in [1.29, 1.82) is 0 Å². The molecule has 0 spiro atoms. The van der Waals surface area contributed by atoms with Gasteiger partial charge >= 0.3 is 5.97 Å². The molecule has 54 valence electrons. The van der Waals surface area contributed by atoms with Gasteiger partial charge in [0.1, 0.15) is 0 Å². The van der Waals surface area contributed by atoms with Crippen molar-refractivity contribution in [2.24, 2.45) is 7.05 Å². The summed E-state index contributed by atoms with van der Waals surface area (Å²) >= 11 is 0. The third-order valence-corrected chi connectivity index (χ3v) is 1.13. The van der Waals surface area contributed by atoms with E-state index in [0.29, 0.717) is 0 Å². The van der Waals surface area contributed by atoms with E-state index in [-0.39, 0.29) is 11.6 Å². The third kappa shape index (κ3) is 0.928. The molecule has 0 fully saturated rings. The highest BCUT2D eigenvalue weighted by molar-refractivity contribution is 5.85. The molecule has 0 aromatic carbocycles. The standard InChI is InChI=1S/C5H7N3O2/c1-8-2-3(4(9)10)7-5(8)6/h2H,1H3,(H2,6,7)(H,9,10). The largest absolute Gasteiger partial charge is 0.476 e. The normalized spacial score (nSPS) is 9.70. The van der Waals surface area contributed by atoms with E-state index in [0.717, 1.165) is 0 Å². The van der Waals surface area contributed by atoms with Gasteiger partial charge in [-0.15, -0.1) is 0 Å². The summed E-state index contributed by atoms with van der Waals surface area (Å²) < 4.78 is 1.45. The average Bonchev–Trinajstić information content (AvgIpc) is 2.13. The number of hydrogen-bond acceptors (Lipinski definition) is 3. The lowest BCUT2D eigenvalue weighted by Crippen LogP contribution is -1.96. The van der Waals surface area contributed by atoms with Crippen molar-refractivity contribution in [1.82, 2.24) is 9.55 Å². The highest BCUT2D eigenvalue weighted by atomic mass is 16.4. The summed E-state index contributed by atoms with van der Waals surface area (Å²) in [6, 6.07) is 0. The number of nitrogens with two attached hydrogens (primary N) is 1. The SMILES string of the molecule is Cn1cc(C(=O)O)nc1N. The van der Waals surface area contributed by atoms with Gasteiger partial charge in [0, 0.05) is 13.2 Å². The molecule has 10 heavy (non-hydrogen) atoms. The number of nitrogen functional groups attached to an aromatic ring is 1.